The zero-order valence-electron chi connectivity index (χ0n) is 10.5. The summed E-state index contributed by atoms with van der Waals surface area (Å²) in [6.45, 7) is 6.18. The molecule has 0 N–H and O–H groups in total. The first-order valence-corrected chi connectivity index (χ1v) is 6.57. The predicted octanol–water partition coefficient (Wildman–Crippen LogP) is 4.07. The summed E-state index contributed by atoms with van der Waals surface area (Å²) in [6.07, 6.45) is 1.84. The lowest BCUT2D eigenvalue weighted by molar-refractivity contribution is -0.138. The average molecular weight is 298 g/mol. The average Bonchev–Trinajstić information content (AvgIpc) is 2.73. The highest BCUT2D eigenvalue weighted by atomic mass is 35.5. The Morgan fingerprint density at radius 1 is 1.42 bits per heavy atom. The Morgan fingerprint density at radius 3 is 2.84 bits per heavy atom. The summed E-state index contributed by atoms with van der Waals surface area (Å²) in [5.74, 6) is -0.391. The van der Waals surface area contributed by atoms with E-state index in [0.29, 0.717) is 28.8 Å². The van der Waals surface area contributed by atoms with E-state index < -0.39 is 5.97 Å². The van der Waals surface area contributed by atoms with Gasteiger partial charge >= 0.3 is 5.97 Å². The van der Waals surface area contributed by atoms with E-state index in [1.807, 2.05) is 16.8 Å². The predicted molar refractivity (Wildman–Crippen MR) is 77.7 cm³/mol. The topological polar surface area (TPSA) is 31.2 Å². The highest BCUT2D eigenvalue weighted by Gasteiger charge is 2.11. The number of hydrogen-bond donors (Lipinski definition) is 0. The summed E-state index contributed by atoms with van der Waals surface area (Å²) in [5.41, 5.74) is 1.25. The largest absolute Gasteiger partial charge is 0.463 e. The molecule has 3 nitrogen and oxygen atoms in total. The number of carbonyl (C=O) groups excluding carboxylic acids is 1. The number of hydrogen-bond acceptors (Lipinski definition) is 2. The summed E-state index contributed by atoms with van der Waals surface area (Å²) in [5, 5.41) is 2.03. The zero-order valence-corrected chi connectivity index (χ0v) is 12.0. The Balaban J connectivity index is 2.31. The fraction of sp³-hybridized carbons (Fsp3) is 0.214. The molecule has 2 aromatic rings. The van der Waals surface area contributed by atoms with Crippen molar-refractivity contribution in [2.24, 2.45) is 0 Å². The highest BCUT2D eigenvalue weighted by molar-refractivity contribution is 6.38. The third-order valence-electron chi connectivity index (χ3n) is 2.73. The molecular weight excluding hydrogens is 285 g/mol. The van der Waals surface area contributed by atoms with E-state index in [1.165, 1.54) is 0 Å². The number of carbonyl (C=O) groups is 1. The van der Waals surface area contributed by atoms with Crippen LogP contribution in [0, 0.1) is 0 Å². The molecule has 100 valence electrons. The summed E-state index contributed by atoms with van der Waals surface area (Å²) >= 11 is 12.1. The minimum atomic E-state index is -0.391. The number of ether oxygens (including phenoxy) is 1. The fourth-order valence-electron chi connectivity index (χ4n) is 1.86. The van der Waals surface area contributed by atoms with E-state index in [0.717, 1.165) is 10.9 Å². The van der Waals surface area contributed by atoms with Gasteiger partial charge in [0, 0.05) is 22.2 Å². The lowest BCUT2D eigenvalue weighted by atomic mass is 10.2. The molecule has 1 aromatic heterocycles. The van der Waals surface area contributed by atoms with E-state index in [4.69, 9.17) is 27.9 Å². The Bertz CT molecular complexity index is 646. The van der Waals surface area contributed by atoms with Crippen molar-refractivity contribution in [1.82, 2.24) is 4.57 Å². The Kier molecular flexibility index (Phi) is 4.17. The fourth-order valence-corrected chi connectivity index (χ4v) is 2.41. The Hall–Kier alpha value is -1.45. The summed E-state index contributed by atoms with van der Waals surface area (Å²) in [7, 11) is 0. The first-order chi connectivity index (χ1) is 9.02. The quantitative estimate of drug-likeness (QED) is 0.629. The van der Waals surface area contributed by atoms with Crippen LogP contribution in [0.15, 0.2) is 36.5 Å². The molecule has 0 aliphatic rings. The van der Waals surface area contributed by atoms with Crippen LogP contribution in [0.3, 0.4) is 0 Å². The molecule has 0 radical (unpaired) electrons. The third kappa shape index (κ3) is 2.94. The van der Waals surface area contributed by atoms with Crippen LogP contribution in [0.4, 0.5) is 0 Å². The van der Waals surface area contributed by atoms with E-state index in [-0.39, 0.29) is 0 Å². The molecule has 0 atom stereocenters. The van der Waals surface area contributed by atoms with Gasteiger partial charge in [0.2, 0.25) is 0 Å². The normalized spacial score (nSPS) is 10.7. The van der Waals surface area contributed by atoms with Crippen molar-refractivity contribution in [2.75, 3.05) is 6.61 Å². The molecule has 0 spiro atoms. The first kappa shape index (κ1) is 14.0. The molecule has 0 saturated heterocycles. The van der Waals surface area contributed by atoms with Gasteiger partial charge in [-0.1, -0.05) is 29.8 Å². The number of benzene rings is 1. The van der Waals surface area contributed by atoms with Crippen molar-refractivity contribution in [2.45, 2.75) is 13.5 Å². The number of halogens is 2. The second-order valence-electron chi connectivity index (χ2n) is 4.09. The second-order valence-corrected chi connectivity index (χ2v) is 4.93. The van der Waals surface area contributed by atoms with Gasteiger partial charge in [0.25, 0.3) is 0 Å². The van der Waals surface area contributed by atoms with Crippen molar-refractivity contribution in [1.29, 1.82) is 0 Å². The minimum Gasteiger partial charge on any atom is -0.463 e. The van der Waals surface area contributed by atoms with Gasteiger partial charge in [0.15, 0.2) is 0 Å². The molecule has 0 aliphatic heterocycles. The van der Waals surface area contributed by atoms with Gasteiger partial charge in [-0.2, -0.15) is 0 Å². The van der Waals surface area contributed by atoms with Gasteiger partial charge in [-0.25, -0.2) is 4.79 Å². The van der Waals surface area contributed by atoms with Crippen LogP contribution >= 0.6 is 23.2 Å². The maximum atomic E-state index is 11.6. The van der Waals surface area contributed by atoms with Gasteiger partial charge in [-0.05, 0) is 25.1 Å². The summed E-state index contributed by atoms with van der Waals surface area (Å²) in [4.78, 5) is 11.6. The monoisotopic (exact) mass is 297 g/mol. The summed E-state index contributed by atoms with van der Waals surface area (Å²) in [6, 6.07) is 5.38. The third-order valence-corrected chi connectivity index (χ3v) is 3.26. The first-order valence-electron chi connectivity index (χ1n) is 5.81. The zero-order chi connectivity index (χ0) is 14.0. The molecular formula is C14H13Cl2NO2. The molecule has 19 heavy (non-hydrogen) atoms. The molecule has 1 aromatic carbocycles. The van der Waals surface area contributed by atoms with E-state index >= 15 is 0 Å². The van der Waals surface area contributed by atoms with E-state index in [9.17, 15) is 4.79 Å². The Labute approximate surface area is 121 Å². The van der Waals surface area contributed by atoms with E-state index in [2.05, 4.69) is 6.58 Å². The molecule has 0 bridgehead atoms. The molecule has 0 aliphatic carbocycles. The Morgan fingerprint density at radius 2 is 2.16 bits per heavy atom. The lowest BCUT2D eigenvalue weighted by Crippen LogP contribution is -2.11. The van der Waals surface area contributed by atoms with Gasteiger partial charge in [0.1, 0.15) is 0 Å². The van der Waals surface area contributed by atoms with Gasteiger partial charge < -0.3 is 9.30 Å². The van der Waals surface area contributed by atoms with Gasteiger partial charge in [-0.3, -0.25) is 0 Å². The van der Waals surface area contributed by atoms with Crippen LogP contribution in [0.1, 0.15) is 6.92 Å². The van der Waals surface area contributed by atoms with Crippen molar-refractivity contribution >= 4 is 40.1 Å². The van der Waals surface area contributed by atoms with Crippen molar-refractivity contribution < 1.29 is 9.53 Å². The van der Waals surface area contributed by atoms with Crippen molar-refractivity contribution in [3.63, 3.8) is 0 Å². The molecule has 0 saturated carbocycles. The van der Waals surface area contributed by atoms with Crippen LogP contribution in [0.5, 0.6) is 0 Å². The molecule has 5 heteroatoms. The molecule has 0 amide bonds. The maximum absolute atomic E-state index is 11.6. The standard InChI is InChI=1S/C14H13Cl2NO2/c1-3-19-14(18)9(2)8-17-5-4-11-12(16)6-10(15)7-13(11)17/h4-7H,2-3,8H2,1H3. The van der Waals surface area contributed by atoms with Gasteiger partial charge in [-0.15, -0.1) is 0 Å². The van der Waals surface area contributed by atoms with Crippen LogP contribution in [0.2, 0.25) is 10.0 Å². The summed E-state index contributed by atoms with van der Waals surface area (Å²) < 4.78 is 6.78. The molecule has 2 rings (SSSR count). The number of esters is 1. The molecule has 0 unspecified atom stereocenters. The number of aromatic nitrogens is 1. The maximum Gasteiger partial charge on any atom is 0.335 e. The van der Waals surface area contributed by atoms with Crippen molar-refractivity contribution in [3.05, 3.63) is 46.6 Å². The number of fused-ring (bicyclic) bond motifs is 1. The van der Waals surface area contributed by atoms with Crippen LogP contribution in [0.25, 0.3) is 10.9 Å². The number of nitrogens with zero attached hydrogens (tertiary/aromatic N) is 1. The highest BCUT2D eigenvalue weighted by Crippen LogP contribution is 2.29. The van der Waals surface area contributed by atoms with Crippen molar-refractivity contribution in [3.8, 4) is 0 Å². The van der Waals surface area contributed by atoms with Crippen LogP contribution < -0.4 is 0 Å². The van der Waals surface area contributed by atoms with E-state index in [1.54, 1.807) is 19.1 Å². The molecule has 0 fully saturated rings. The van der Waals surface area contributed by atoms with Crippen LogP contribution in [-0.2, 0) is 16.1 Å². The lowest BCUT2D eigenvalue weighted by Gasteiger charge is -2.08. The minimum absolute atomic E-state index is 0.335. The molecule has 1 heterocycles. The number of rotatable bonds is 4. The van der Waals surface area contributed by atoms with Gasteiger partial charge in [0.05, 0.1) is 23.7 Å². The van der Waals surface area contributed by atoms with Crippen LogP contribution in [-0.4, -0.2) is 17.1 Å². The SMILES string of the molecule is C=C(Cn1ccc2c(Cl)cc(Cl)cc21)C(=O)OCC. The smallest absolute Gasteiger partial charge is 0.335 e. The second kappa shape index (κ2) is 5.68.